The van der Waals surface area contributed by atoms with Crippen molar-refractivity contribution in [3.05, 3.63) is 28.2 Å². The Morgan fingerprint density at radius 1 is 1.50 bits per heavy atom. The van der Waals surface area contributed by atoms with E-state index in [0.717, 1.165) is 4.47 Å². The molecule has 1 aromatic carbocycles. The highest BCUT2D eigenvalue weighted by atomic mass is 79.9. The van der Waals surface area contributed by atoms with Gasteiger partial charge in [-0.05, 0) is 32.0 Å². The molecule has 0 radical (unpaired) electrons. The van der Waals surface area contributed by atoms with Crippen molar-refractivity contribution >= 4 is 21.7 Å². The van der Waals surface area contributed by atoms with E-state index in [0.29, 0.717) is 17.9 Å². The highest BCUT2D eigenvalue weighted by Gasteiger charge is 2.12. The summed E-state index contributed by atoms with van der Waals surface area (Å²) in [5.41, 5.74) is 0.581. The Hall–Kier alpha value is -0.870. The van der Waals surface area contributed by atoms with Crippen LogP contribution in [-0.2, 0) is 4.74 Å². The summed E-state index contributed by atoms with van der Waals surface area (Å²) in [6, 6.07) is 5.39. The van der Waals surface area contributed by atoms with Gasteiger partial charge in [0.05, 0.1) is 12.2 Å². The molecule has 1 unspecified atom stereocenters. The van der Waals surface area contributed by atoms with Crippen molar-refractivity contribution in [3.63, 3.8) is 0 Å². The molecule has 1 rings (SSSR count). The molecule has 0 N–H and O–H groups in total. The molecule has 0 saturated heterocycles. The van der Waals surface area contributed by atoms with Gasteiger partial charge in [-0.3, -0.25) is 4.79 Å². The molecule has 0 amide bonds. The monoisotopic (exact) mass is 286 g/mol. The first kappa shape index (κ1) is 13.2. The van der Waals surface area contributed by atoms with Crippen molar-refractivity contribution < 1.29 is 14.3 Å². The number of benzene rings is 1. The lowest BCUT2D eigenvalue weighted by Gasteiger charge is -2.16. The second kappa shape index (κ2) is 6.01. The van der Waals surface area contributed by atoms with Gasteiger partial charge in [-0.15, -0.1) is 0 Å². The van der Waals surface area contributed by atoms with Crippen LogP contribution in [0.15, 0.2) is 22.7 Å². The summed E-state index contributed by atoms with van der Waals surface area (Å²) in [5.74, 6) is 0.584. The quantitative estimate of drug-likeness (QED) is 0.781. The van der Waals surface area contributed by atoms with Crippen LogP contribution < -0.4 is 4.74 Å². The smallest absolute Gasteiger partial charge is 0.163 e. The van der Waals surface area contributed by atoms with Gasteiger partial charge in [0.2, 0.25) is 0 Å². The van der Waals surface area contributed by atoms with Crippen LogP contribution in [0, 0.1) is 0 Å². The van der Waals surface area contributed by atoms with E-state index < -0.39 is 0 Å². The molecule has 0 heterocycles. The van der Waals surface area contributed by atoms with Gasteiger partial charge in [0.1, 0.15) is 11.9 Å². The molecule has 0 aliphatic heterocycles. The Morgan fingerprint density at radius 3 is 2.75 bits per heavy atom. The molecule has 0 spiro atoms. The van der Waals surface area contributed by atoms with Gasteiger partial charge >= 0.3 is 0 Å². The van der Waals surface area contributed by atoms with E-state index >= 15 is 0 Å². The largest absolute Gasteiger partial charge is 0.488 e. The number of ether oxygens (including phenoxy) is 2. The summed E-state index contributed by atoms with van der Waals surface area (Å²) in [6.45, 7) is 3.92. The Kier molecular flexibility index (Phi) is 4.96. The summed E-state index contributed by atoms with van der Waals surface area (Å²) >= 11 is 3.33. The third-order valence-electron chi connectivity index (χ3n) is 2.05. The second-order valence-electron chi connectivity index (χ2n) is 3.58. The molecule has 4 heteroatoms. The van der Waals surface area contributed by atoms with Crippen LogP contribution in [0.1, 0.15) is 24.2 Å². The van der Waals surface area contributed by atoms with Crippen LogP contribution in [0.4, 0.5) is 0 Å². The summed E-state index contributed by atoms with van der Waals surface area (Å²) in [5, 5.41) is 0. The Morgan fingerprint density at radius 2 is 2.19 bits per heavy atom. The first-order valence-corrected chi connectivity index (χ1v) is 5.80. The molecule has 0 aliphatic rings. The van der Waals surface area contributed by atoms with Crippen LogP contribution in [0.25, 0.3) is 0 Å². The molecule has 1 aromatic rings. The lowest BCUT2D eigenvalue weighted by Crippen LogP contribution is -2.19. The van der Waals surface area contributed by atoms with E-state index in [4.69, 9.17) is 9.47 Å². The summed E-state index contributed by atoms with van der Waals surface area (Å²) in [7, 11) is 1.62. The minimum absolute atomic E-state index is 0.0130. The maximum Gasteiger partial charge on any atom is 0.163 e. The Labute approximate surface area is 104 Å². The number of halogens is 1. The first-order chi connectivity index (χ1) is 7.54. The second-order valence-corrected chi connectivity index (χ2v) is 4.50. The van der Waals surface area contributed by atoms with Gasteiger partial charge in [0.15, 0.2) is 5.78 Å². The maximum atomic E-state index is 11.4. The third kappa shape index (κ3) is 3.61. The van der Waals surface area contributed by atoms with Gasteiger partial charge in [-0.1, -0.05) is 15.9 Å². The van der Waals surface area contributed by atoms with Gasteiger partial charge in [-0.2, -0.15) is 0 Å². The fraction of sp³-hybridized carbons (Fsp3) is 0.417. The molecular formula is C12H15BrO3. The number of ketones is 1. The first-order valence-electron chi connectivity index (χ1n) is 5.00. The average Bonchev–Trinajstić information content (AvgIpc) is 2.20. The van der Waals surface area contributed by atoms with Gasteiger partial charge < -0.3 is 9.47 Å². The third-order valence-corrected chi connectivity index (χ3v) is 2.54. The number of rotatable bonds is 5. The number of methoxy groups -OCH3 is 1. The van der Waals surface area contributed by atoms with E-state index in [1.54, 1.807) is 19.2 Å². The van der Waals surface area contributed by atoms with Crippen molar-refractivity contribution in [3.8, 4) is 5.75 Å². The summed E-state index contributed by atoms with van der Waals surface area (Å²) in [6.07, 6.45) is -0.0794. The van der Waals surface area contributed by atoms with Gasteiger partial charge in [0, 0.05) is 11.6 Å². The SMILES string of the molecule is COCC(C)Oc1ccc(Br)cc1C(C)=O. The van der Waals surface area contributed by atoms with Gasteiger partial charge in [-0.25, -0.2) is 0 Å². The predicted octanol–water partition coefficient (Wildman–Crippen LogP) is 3.07. The standard InChI is InChI=1S/C12H15BrO3/c1-8(7-15-3)16-12-5-4-10(13)6-11(12)9(2)14/h4-6,8H,7H2,1-3H3. The molecule has 0 bridgehead atoms. The van der Waals surface area contributed by atoms with Crippen LogP contribution >= 0.6 is 15.9 Å². The number of carbonyl (C=O) groups is 1. The Bertz CT molecular complexity index is 377. The minimum atomic E-state index is -0.0794. The molecule has 16 heavy (non-hydrogen) atoms. The summed E-state index contributed by atoms with van der Waals surface area (Å²) < 4.78 is 11.5. The molecule has 0 aromatic heterocycles. The maximum absolute atomic E-state index is 11.4. The molecule has 88 valence electrons. The molecular weight excluding hydrogens is 272 g/mol. The highest BCUT2D eigenvalue weighted by Crippen LogP contribution is 2.24. The zero-order valence-corrected chi connectivity index (χ0v) is 11.2. The van der Waals surface area contributed by atoms with Crippen molar-refractivity contribution in [1.29, 1.82) is 0 Å². The summed E-state index contributed by atoms with van der Waals surface area (Å²) in [4.78, 5) is 11.4. The van der Waals surface area contributed by atoms with Crippen LogP contribution in [-0.4, -0.2) is 25.6 Å². The van der Waals surface area contributed by atoms with E-state index in [2.05, 4.69) is 15.9 Å². The van der Waals surface area contributed by atoms with E-state index in [1.165, 1.54) is 6.92 Å². The van der Waals surface area contributed by atoms with Gasteiger partial charge in [0.25, 0.3) is 0 Å². The predicted molar refractivity (Wildman–Crippen MR) is 66.1 cm³/mol. The van der Waals surface area contributed by atoms with Crippen LogP contribution in [0.2, 0.25) is 0 Å². The fourth-order valence-corrected chi connectivity index (χ4v) is 1.73. The molecule has 3 nitrogen and oxygen atoms in total. The zero-order chi connectivity index (χ0) is 12.1. The zero-order valence-electron chi connectivity index (χ0n) is 9.62. The van der Waals surface area contributed by atoms with E-state index in [9.17, 15) is 4.79 Å². The topological polar surface area (TPSA) is 35.5 Å². The minimum Gasteiger partial charge on any atom is -0.488 e. The van der Waals surface area contributed by atoms with E-state index in [-0.39, 0.29) is 11.9 Å². The number of hydrogen-bond acceptors (Lipinski definition) is 3. The molecule has 0 saturated carbocycles. The normalized spacial score (nSPS) is 12.2. The van der Waals surface area contributed by atoms with Crippen LogP contribution in [0.5, 0.6) is 5.75 Å². The molecule has 0 fully saturated rings. The number of hydrogen-bond donors (Lipinski definition) is 0. The van der Waals surface area contributed by atoms with Crippen molar-refractivity contribution in [2.45, 2.75) is 20.0 Å². The number of carbonyl (C=O) groups excluding carboxylic acids is 1. The lowest BCUT2D eigenvalue weighted by molar-refractivity contribution is 0.0889. The lowest BCUT2D eigenvalue weighted by atomic mass is 10.1. The molecule has 0 aliphatic carbocycles. The van der Waals surface area contributed by atoms with E-state index in [1.807, 2.05) is 13.0 Å². The number of Topliss-reactive ketones (excluding diaryl/α,β-unsaturated/α-hetero) is 1. The van der Waals surface area contributed by atoms with Crippen molar-refractivity contribution in [1.82, 2.24) is 0 Å². The molecule has 1 atom stereocenters. The van der Waals surface area contributed by atoms with Crippen LogP contribution in [0.3, 0.4) is 0 Å². The van der Waals surface area contributed by atoms with Crippen molar-refractivity contribution in [2.24, 2.45) is 0 Å². The average molecular weight is 287 g/mol. The Balaban J connectivity index is 2.90. The van der Waals surface area contributed by atoms with Crippen molar-refractivity contribution in [2.75, 3.05) is 13.7 Å². The highest BCUT2D eigenvalue weighted by molar-refractivity contribution is 9.10. The fourth-order valence-electron chi connectivity index (χ4n) is 1.37.